The number of methoxy groups -OCH3 is 1. The summed E-state index contributed by atoms with van der Waals surface area (Å²) in [4.78, 5) is 0. The minimum absolute atomic E-state index is 0.0700. The third-order valence-electron chi connectivity index (χ3n) is 6.67. The summed E-state index contributed by atoms with van der Waals surface area (Å²) in [5.74, 6) is 1.05. The number of fused-ring (bicyclic) bond motifs is 3. The second-order valence-electron chi connectivity index (χ2n) is 8.85. The summed E-state index contributed by atoms with van der Waals surface area (Å²) in [5, 5.41) is 4.40. The summed E-state index contributed by atoms with van der Waals surface area (Å²) in [6.45, 7) is 0.260. The highest BCUT2D eigenvalue weighted by molar-refractivity contribution is 9.10. The molecule has 0 spiro atoms. The monoisotopic (exact) mass is 597 g/mol. The molecule has 188 valence electrons. The second kappa shape index (κ2) is 9.84. The number of allylic oxidation sites excluding steroid dienone is 2. The maximum Gasteiger partial charge on any atom is 0.416 e. The SMILES string of the molecule is COc1cc([C@@H]2Nc3ccc(C(F)(F)F)cc3[C@H]3C=CC[C@@H]32)cc(Br)c1OCc1ccc(Cl)c(Cl)c1. The fourth-order valence-electron chi connectivity index (χ4n) is 4.95. The maximum absolute atomic E-state index is 13.3. The van der Waals surface area contributed by atoms with Gasteiger partial charge in [-0.25, -0.2) is 0 Å². The van der Waals surface area contributed by atoms with Crippen molar-refractivity contribution >= 4 is 44.8 Å². The molecule has 36 heavy (non-hydrogen) atoms. The Kier molecular flexibility index (Phi) is 6.92. The van der Waals surface area contributed by atoms with E-state index in [-0.39, 0.29) is 24.5 Å². The Morgan fingerprint density at radius 1 is 1.06 bits per heavy atom. The van der Waals surface area contributed by atoms with Crippen LogP contribution < -0.4 is 14.8 Å². The van der Waals surface area contributed by atoms with E-state index in [1.807, 2.05) is 30.4 Å². The van der Waals surface area contributed by atoms with Gasteiger partial charge in [-0.1, -0.05) is 41.4 Å². The van der Waals surface area contributed by atoms with E-state index >= 15 is 0 Å². The lowest BCUT2D eigenvalue weighted by Gasteiger charge is -2.38. The third kappa shape index (κ3) is 4.81. The molecule has 0 saturated carbocycles. The normalized spacial score (nSPS) is 20.5. The molecule has 2 aliphatic rings. The van der Waals surface area contributed by atoms with Gasteiger partial charge in [0.2, 0.25) is 0 Å². The summed E-state index contributed by atoms with van der Waals surface area (Å²) in [6.07, 6.45) is 0.432. The first-order valence-electron chi connectivity index (χ1n) is 11.2. The molecule has 0 unspecified atom stereocenters. The van der Waals surface area contributed by atoms with Crippen molar-refractivity contribution in [3.05, 3.63) is 97.5 Å². The summed E-state index contributed by atoms with van der Waals surface area (Å²) in [5.41, 5.74) is 2.55. The summed E-state index contributed by atoms with van der Waals surface area (Å²) < 4.78 is 52.4. The van der Waals surface area contributed by atoms with Gasteiger partial charge >= 0.3 is 6.18 Å². The number of hydrogen-bond donors (Lipinski definition) is 1. The van der Waals surface area contributed by atoms with Crippen molar-refractivity contribution in [2.24, 2.45) is 5.92 Å². The molecule has 0 radical (unpaired) electrons. The van der Waals surface area contributed by atoms with Crippen molar-refractivity contribution < 1.29 is 22.6 Å². The first kappa shape index (κ1) is 25.3. The topological polar surface area (TPSA) is 30.5 Å². The molecule has 0 aromatic heterocycles. The number of ether oxygens (including phenoxy) is 2. The Morgan fingerprint density at radius 2 is 1.86 bits per heavy atom. The molecule has 1 aliphatic heterocycles. The van der Waals surface area contributed by atoms with Gasteiger partial charge in [0.1, 0.15) is 6.61 Å². The van der Waals surface area contributed by atoms with Gasteiger partial charge in [0.25, 0.3) is 0 Å². The molecule has 0 bridgehead atoms. The summed E-state index contributed by atoms with van der Waals surface area (Å²) >= 11 is 15.7. The van der Waals surface area contributed by atoms with Crippen LogP contribution in [-0.4, -0.2) is 7.11 Å². The lowest BCUT2D eigenvalue weighted by atomic mass is 9.76. The molecule has 1 aliphatic carbocycles. The molecular weight excluding hydrogens is 578 g/mol. The van der Waals surface area contributed by atoms with Gasteiger partial charge in [-0.15, -0.1) is 0 Å². The first-order chi connectivity index (χ1) is 17.2. The van der Waals surface area contributed by atoms with Gasteiger partial charge in [-0.05, 0) is 87.4 Å². The summed E-state index contributed by atoms with van der Waals surface area (Å²) in [6, 6.07) is 13.0. The van der Waals surface area contributed by atoms with Gasteiger partial charge in [0.05, 0.1) is 33.2 Å². The van der Waals surface area contributed by atoms with Crippen LogP contribution in [0, 0.1) is 5.92 Å². The molecule has 5 rings (SSSR count). The van der Waals surface area contributed by atoms with E-state index in [1.165, 1.54) is 12.1 Å². The molecule has 3 aromatic rings. The second-order valence-corrected chi connectivity index (χ2v) is 10.5. The summed E-state index contributed by atoms with van der Waals surface area (Å²) in [7, 11) is 1.57. The van der Waals surface area contributed by atoms with Crippen LogP contribution in [-0.2, 0) is 12.8 Å². The number of anilines is 1. The first-order valence-corrected chi connectivity index (χ1v) is 12.8. The van der Waals surface area contributed by atoms with Crippen LogP contribution in [0.5, 0.6) is 11.5 Å². The molecule has 1 N–H and O–H groups in total. The average Bonchev–Trinajstić information content (AvgIpc) is 3.34. The Hall–Kier alpha value is -2.35. The van der Waals surface area contributed by atoms with Crippen LogP contribution in [0.1, 0.15) is 40.6 Å². The van der Waals surface area contributed by atoms with E-state index in [4.69, 9.17) is 32.7 Å². The highest BCUT2D eigenvalue weighted by atomic mass is 79.9. The van der Waals surface area contributed by atoms with Gasteiger partial charge < -0.3 is 14.8 Å². The van der Waals surface area contributed by atoms with Crippen molar-refractivity contribution in [1.82, 2.24) is 0 Å². The van der Waals surface area contributed by atoms with Gasteiger partial charge in [0.15, 0.2) is 11.5 Å². The van der Waals surface area contributed by atoms with E-state index in [0.29, 0.717) is 37.3 Å². The molecule has 9 heteroatoms. The van der Waals surface area contributed by atoms with Crippen molar-refractivity contribution in [1.29, 1.82) is 0 Å². The fraction of sp³-hybridized carbons (Fsp3) is 0.259. The van der Waals surface area contributed by atoms with Gasteiger partial charge in [-0.2, -0.15) is 13.2 Å². The fourth-order valence-corrected chi connectivity index (χ4v) is 5.84. The molecule has 3 aromatic carbocycles. The Labute approximate surface area is 225 Å². The van der Waals surface area contributed by atoms with Crippen molar-refractivity contribution in [2.45, 2.75) is 31.2 Å². The zero-order chi connectivity index (χ0) is 25.6. The predicted octanol–water partition coefficient (Wildman–Crippen LogP) is 9.19. The van der Waals surface area contributed by atoms with Crippen LogP contribution >= 0.6 is 39.1 Å². The lowest BCUT2D eigenvalue weighted by molar-refractivity contribution is -0.137. The Morgan fingerprint density at radius 3 is 2.58 bits per heavy atom. The lowest BCUT2D eigenvalue weighted by Crippen LogP contribution is -2.29. The number of halogens is 6. The molecular formula is C27H21BrCl2F3NO2. The van der Waals surface area contributed by atoms with Crippen LogP contribution in [0.2, 0.25) is 10.0 Å². The molecule has 0 fully saturated rings. The predicted molar refractivity (Wildman–Crippen MR) is 139 cm³/mol. The minimum atomic E-state index is -4.38. The molecule has 3 nitrogen and oxygen atoms in total. The van der Waals surface area contributed by atoms with Gasteiger partial charge in [0, 0.05) is 11.6 Å². The van der Waals surface area contributed by atoms with Crippen molar-refractivity contribution in [3.63, 3.8) is 0 Å². The van der Waals surface area contributed by atoms with Gasteiger partial charge in [-0.3, -0.25) is 0 Å². The molecule has 1 heterocycles. The quantitative estimate of drug-likeness (QED) is 0.297. The maximum atomic E-state index is 13.3. The zero-order valence-electron chi connectivity index (χ0n) is 19.0. The highest BCUT2D eigenvalue weighted by Gasteiger charge is 2.40. The minimum Gasteiger partial charge on any atom is -0.493 e. The number of alkyl halides is 3. The molecule has 0 amide bonds. The number of rotatable bonds is 5. The average molecular weight is 599 g/mol. The number of hydrogen-bond acceptors (Lipinski definition) is 3. The van der Waals surface area contributed by atoms with Crippen LogP contribution in [0.15, 0.2) is 65.2 Å². The van der Waals surface area contributed by atoms with Crippen LogP contribution in [0.25, 0.3) is 0 Å². The largest absolute Gasteiger partial charge is 0.493 e. The van der Waals surface area contributed by atoms with E-state index in [0.717, 1.165) is 23.6 Å². The Balaban J connectivity index is 1.44. The zero-order valence-corrected chi connectivity index (χ0v) is 22.1. The van der Waals surface area contributed by atoms with E-state index in [9.17, 15) is 13.2 Å². The van der Waals surface area contributed by atoms with Crippen LogP contribution in [0.4, 0.5) is 18.9 Å². The van der Waals surface area contributed by atoms with Crippen molar-refractivity contribution in [3.8, 4) is 11.5 Å². The van der Waals surface area contributed by atoms with E-state index in [2.05, 4.69) is 21.2 Å². The van der Waals surface area contributed by atoms with Crippen LogP contribution in [0.3, 0.4) is 0 Å². The smallest absolute Gasteiger partial charge is 0.416 e. The van der Waals surface area contributed by atoms with Crippen molar-refractivity contribution in [2.75, 3.05) is 12.4 Å². The van der Waals surface area contributed by atoms with E-state index < -0.39 is 11.7 Å². The highest BCUT2D eigenvalue weighted by Crippen LogP contribution is 2.52. The number of nitrogens with one attached hydrogen (secondary N) is 1. The Bertz CT molecular complexity index is 1350. The third-order valence-corrected chi connectivity index (χ3v) is 8.00. The molecule has 3 atom stereocenters. The van der Waals surface area contributed by atoms with E-state index in [1.54, 1.807) is 19.2 Å². The molecule has 0 saturated heterocycles. The standard InChI is InChI=1S/C27H21BrCl2F3NO2/c1-35-24-11-15(10-20(28)26(24)36-13-14-5-7-21(29)22(30)9-14)25-18-4-2-3-17(18)19-12-16(27(31,32)33)6-8-23(19)34-25/h2-3,5-12,17-18,25,34H,4,13H2,1H3/t17-,18-,25-/m0/s1. The number of benzene rings is 3.